The van der Waals surface area contributed by atoms with Crippen LogP contribution in [0.25, 0.3) is 0 Å². The molecule has 0 bridgehead atoms. The van der Waals surface area contributed by atoms with Crippen molar-refractivity contribution in [1.82, 2.24) is 0 Å². The van der Waals surface area contributed by atoms with Crippen molar-refractivity contribution in [3.8, 4) is 5.75 Å². The van der Waals surface area contributed by atoms with Crippen LogP contribution >= 0.6 is 0 Å². The Labute approximate surface area is 112 Å². The molecule has 0 saturated carbocycles. The molecule has 0 fully saturated rings. The number of carboxylic acids is 1. The zero-order valence-electron chi connectivity index (χ0n) is 11.5. The maximum atomic E-state index is 12.0. The number of hydrogen-bond donors (Lipinski definition) is 1. The van der Waals surface area contributed by atoms with Crippen LogP contribution in [0.5, 0.6) is 5.75 Å². The van der Waals surface area contributed by atoms with Crippen LogP contribution in [0.15, 0.2) is 18.2 Å². The minimum absolute atomic E-state index is 0.209. The van der Waals surface area contributed by atoms with E-state index in [1.54, 1.807) is 39.0 Å². The van der Waals surface area contributed by atoms with Gasteiger partial charge in [0, 0.05) is 5.56 Å². The Morgan fingerprint density at radius 1 is 1.26 bits per heavy atom. The summed E-state index contributed by atoms with van der Waals surface area (Å²) in [5.74, 6) is -1.27. The van der Waals surface area contributed by atoms with Crippen molar-refractivity contribution < 1.29 is 24.2 Å². The van der Waals surface area contributed by atoms with E-state index in [9.17, 15) is 9.59 Å². The van der Waals surface area contributed by atoms with Crippen molar-refractivity contribution in [3.05, 3.63) is 29.3 Å². The Morgan fingerprint density at radius 2 is 1.89 bits per heavy atom. The Hall–Kier alpha value is -2.04. The zero-order valence-corrected chi connectivity index (χ0v) is 11.5. The van der Waals surface area contributed by atoms with Crippen LogP contribution in [0.1, 0.15) is 36.7 Å². The molecule has 1 N–H and O–H groups in total. The van der Waals surface area contributed by atoms with E-state index in [0.29, 0.717) is 5.56 Å². The third kappa shape index (κ3) is 4.28. The normalized spacial score (nSPS) is 10.9. The monoisotopic (exact) mass is 266 g/mol. The van der Waals surface area contributed by atoms with Crippen molar-refractivity contribution in [2.45, 2.75) is 32.8 Å². The Kier molecular flexibility index (Phi) is 4.53. The van der Waals surface area contributed by atoms with Gasteiger partial charge in [-0.2, -0.15) is 0 Å². The highest BCUT2D eigenvalue weighted by molar-refractivity contribution is 5.93. The molecule has 0 aliphatic carbocycles. The first-order chi connectivity index (χ1) is 8.74. The summed E-state index contributed by atoms with van der Waals surface area (Å²) in [4.78, 5) is 22.8. The number of carboxylic acid groups (broad SMARTS) is 1. The maximum absolute atomic E-state index is 12.0. The van der Waals surface area contributed by atoms with Gasteiger partial charge in [-0.1, -0.05) is 12.1 Å². The van der Waals surface area contributed by atoms with Gasteiger partial charge < -0.3 is 14.6 Å². The molecule has 1 rings (SSSR count). The van der Waals surface area contributed by atoms with Gasteiger partial charge >= 0.3 is 11.9 Å². The Balaban J connectivity index is 3.14. The Morgan fingerprint density at radius 3 is 2.37 bits per heavy atom. The summed E-state index contributed by atoms with van der Waals surface area (Å²) in [5, 5.41) is 8.83. The minimum Gasteiger partial charge on any atom is -0.496 e. The predicted octanol–water partition coefficient (Wildman–Crippen LogP) is 2.28. The zero-order chi connectivity index (χ0) is 14.6. The average Bonchev–Trinajstić information content (AvgIpc) is 2.25. The quantitative estimate of drug-likeness (QED) is 0.846. The molecule has 5 heteroatoms. The van der Waals surface area contributed by atoms with Crippen LogP contribution in [0.2, 0.25) is 0 Å². The molecule has 0 radical (unpaired) electrons. The van der Waals surface area contributed by atoms with Crippen LogP contribution in [0.3, 0.4) is 0 Å². The molecule has 104 valence electrons. The van der Waals surface area contributed by atoms with Gasteiger partial charge in [-0.3, -0.25) is 4.79 Å². The molecule has 0 aromatic heterocycles. The maximum Gasteiger partial charge on any atom is 0.342 e. The number of carbonyl (C=O) groups excluding carboxylic acids is 1. The first-order valence-electron chi connectivity index (χ1n) is 5.85. The minimum atomic E-state index is -0.986. The fourth-order valence-electron chi connectivity index (χ4n) is 1.62. The van der Waals surface area contributed by atoms with Crippen LogP contribution in [0, 0.1) is 0 Å². The molecule has 0 amide bonds. The number of benzene rings is 1. The standard InChI is InChI=1S/C14H18O5/c1-14(2,3)19-13(17)10-7-5-6-9(8-11(15)16)12(10)18-4/h5-7H,8H2,1-4H3,(H,15,16). The highest BCUT2D eigenvalue weighted by Crippen LogP contribution is 2.26. The molecular formula is C14H18O5. The molecule has 0 aliphatic heterocycles. The molecule has 1 aromatic carbocycles. The highest BCUT2D eigenvalue weighted by Gasteiger charge is 2.22. The van der Waals surface area contributed by atoms with E-state index in [1.807, 2.05) is 0 Å². The lowest BCUT2D eigenvalue weighted by Crippen LogP contribution is -2.24. The van der Waals surface area contributed by atoms with Crippen LogP contribution in [-0.4, -0.2) is 29.8 Å². The third-order valence-electron chi connectivity index (χ3n) is 2.26. The third-order valence-corrected chi connectivity index (χ3v) is 2.26. The lowest BCUT2D eigenvalue weighted by atomic mass is 10.1. The fraction of sp³-hybridized carbons (Fsp3) is 0.429. The Bertz CT molecular complexity index is 485. The van der Waals surface area contributed by atoms with E-state index in [1.165, 1.54) is 7.11 Å². The largest absolute Gasteiger partial charge is 0.496 e. The molecule has 19 heavy (non-hydrogen) atoms. The molecule has 1 aromatic rings. The van der Waals surface area contributed by atoms with Gasteiger partial charge in [0.15, 0.2) is 0 Å². The number of esters is 1. The molecule has 0 unspecified atom stereocenters. The lowest BCUT2D eigenvalue weighted by Gasteiger charge is -2.20. The summed E-state index contributed by atoms with van der Waals surface area (Å²) in [6.45, 7) is 5.29. The smallest absolute Gasteiger partial charge is 0.342 e. The summed E-state index contributed by atoms with van der Waals surface area (Å²) < 4.78 is 10.4. The van der Waals surface area contributed by atoms with Gasteiger partial charge in [0.1, 0.15) is 16.9 Å². The van der Waals surface area contributed by atoms with Gasteiger partial charge in [0.2, 0.25) is 0 Å². The lowest BCUT2D eigenvalue weighted by molar-refractivity contribution is -0.136. The molecule has 0 saturated heterocycles. The number of aliphatic carboxylic acids is 1. The van der Waals surface area contributed by atoms with E-state index < -0.39 is 17.5 Å². The van der Waals surface area contributed by atoms with Crippen molar-refractivity contribution in [3.63, 3.8) is 0 Å². The summed E-state index contributed by atoms with van der Waals surface area (Å²) in [5.41, 5.74) is 0.0554. The van der Waals surface area contributed by atoms with Gasteiger partial charge in [-0.15, -0.1) is 0 Å². The second kappa shape index (κ2) is 5.73. The number of ether oxygens (including phenoxy) is 2. The van der Waals surface area contributed by atoms with Gasteiger partial charge in [-0.25, -0.2) is 4.79 Å². The van der Waals surface area contributed by atoms with Crippen molar-refractivity contribution in [2.75, 3.05) is 7.11 Å². The SMILES string of the molecule is COc1c(CC(=O)O)cccc1C(=O)OC(C)(C)C. The fourth-order valence-corrected chi connectivity index (χ4v) is 1.62. The molecule has 0 heterocycles. The topological polar surface area (TPSA) is 72.8 Å². The van der Waals surface area contributed by atoms with Crippen LogP contribution in [0.4, 0.5) is 0 Å². The molecule has 0 aliphatic rings. The summed E-state index contributed by atoms with van der Waals surface area (Å²) in [7, 11) is 1.40. The van der Waals surface area contributed by atoms with Gasteiger partial charge in [0.05, 0.1) is 13.5 Å². The number of methoxy groups -OCH3 is 1. The predicted molar refractivity (Wildman–Crippen MR) is 69.5 cm³/mol. The second-order valence-corrected chi connectivity index (χ2v) is 5.07. The summed E-state index contributed by atoms with van der Waals surface area (Å²) in [6.07, 6.45) is -0.209. The van der Waals surface area contributed by atoms with E-state index in [4.69, 9.17) is 14.6 Å². The van der Waals surface area contributed by atoms with Gasteiger partial charge in [-0.05, 0) is 26.8 Å². The number of rotatable bonds is 4. The number of carbonyl (C=O) groups is 2. The summed E-state index contributed by atoms with van der Waals surface area (Å²) in [6, 6.07) is 4.78. The van der Waals surface area contributed by atoms with Crippen LogP contribution < -0.4 is 4.74 Å². The molecule has 0 spiro atoms. The van der Waals surface area contributed by atoms with E-state index in [0.717, 1.165) is 0 Å². The highest BCUT2D eigenvalue weighted by atomic mass is 16.6. The van der Waals surface area contributed by atoms with Crippen molar-refractivity contribution >= 4 is 11.9 Å². The number of hydrogen-bond acceptors (Lipinski definition) is 4. The average molecular weight is 266 g/mol. The van der Waals surface area contributed by atoms with Gasteiger partial charge in [0.25, 0.3) is 0 Å². The first kappa shape index (κ1) is 15.0. The second-order valence-electron chi connectivity index (χ2n) is 5.07. The molecule has 0 atom stereocenters. The van der Waals surface area contributed by atoms with Crippen molar-refractivity contribution in [1.29, 1.82) is 0 Å². The van der Waals surface area contributed by atoms with Crippen LogP contribution in [-0.2, 0) is 16.0 Å². The number of para-hydroxylation sites is 1. The summed E-state index contributed by atoms with van der Waals surface area (Å²) >= 11 is 0. The van der Waals surface area contributed by atoms with Crippen molar-refractivity contribution in [2.24, 2.45) is 0 Å². The molecular weight excluding hydrogens is 248 g/mol. The first-order valence-corrected chi connectivity index (χ1v) is 5.85. The van der Waals surface area contributed by atoms with E-state index >= 15 is 0 Å². The van der Waals surface area contributed by atoms with E-state index in [-0.39, 0.29) is 17.7 Å². The van der Waals surface area contributed by atoms with E-state index in [2.05, 4.69) is 0 Å². The molecule has 5 nitrogen and oxygen atoms in total.